The molecule has 0 radical (unpaired) electrons. The van der Waals surface area contributed by atoms with Gasteiger partial charge in [-0.25, -0.2) is 9.48 Å². The molecule has 136 valence electrons. The molecule has 0 fully saturated rings. The molecule has 0 aromatic carbocycles. The molecular formula is C17H20N6O3. The number of ketones is 1. The zero-order chi connectivity index (χ0) is 19.2. The molecule has 3 aromatic rings. The van der Waals surface area contributed by atoms with E-state index in [9.17, 15) is 14.4 Å². The minimum atomic E-state index is -0.583. The first-order chi connectivity index (χ1) is 12.3. The molecule has 0 spiro atoms. The minimum Gasteiger partial charge on any atom is -0.299 e. The summed E-state index contributed by atoms with van der Waals surface area (Å²) in [5.41, 5.74) is 0.987. The zero-order valence-corrected chi connectivity index (χ0v) is 15.2. The molecule has 0 unspecified atom stereocenters. The maximum atomic E-state index is 12.9. The maximum absolute atomic E-state index is 12.9. The molecule has 0 bridgehead atoms. The molecule has 3 aromatic heterocycles. The quantitative estimate of drug-likeness (QED) is 0.619. The highest BCUT2D eigenvalue weighted by Crippen LogP contribution is 2.17. The van der Waals surface area contributed by atoms with Crippen LogP contribution in [-0.2, 0) is 24.9 Å². The Hall–Kier alpha value is -3.23. The highest BCUT2D eigenvalue weighted by atomic mass is 16.2. The molecule has 0 saturated carbocycles. The third kappa shape index (κ3) is 2.61. The number of carbonyl (C=O) groups is 1. The van der Waals surface area contributed by atoms with Gasteiger partial charge in [-0.3, -0.25) is 23.3 Å². The van der Waals surface area contributed by atoms with Crippen molar-refractivity contribution >= 4 is 16.9 Å². The fraction of sp³-hybridized carbons (Fsp3) is 0.353. The largest absolute Gasteiger partial charge is 0.332 e. The smallest absolute Gasteiger partial charge is 0.299 e. The van der Waals surface area contributed by atoms with Crippen LogP contribution in [0.2, 0.25) is 0 Å². The van der Waals surface area contributed by atoms with Gasteiger partial charge in [0.15, 0.2) is 11.2 Å². The van der Waals surface area contributed by atoms with E-state index in [1.54, 1.807) is 15.3 Å². The SMILES string of the molecule is C=CCn1c(-n2nc(C)cc2C)nc2c1c(=O)n(CC(C)=O)c(=O)n2C. The van der Waals surface area contributed by atoms with E-state index < -0.39 is 11.2 Å². The van der Waals surface area contributed by atoms with Gasteiger partial charge in [0.1, 0.15) is 5.78 Å². The summed E-state index contributed by atoms with van der Waals surface area (Å²) in [6, 6.07) is 1.89. The van der Waals surface area contributed by atoms with Crippen LogP contribution in [0.15, 0.2) is 28.3 Å². The Morgan fingerprint density at radius 3 is 2.50 bits per heavy atom. The number of hydrogen-bond acceptors (Lipinski definition) is 5. The Balaban J connectivity index is 2.46. The lowest BCUT2D eigenvalue weighted by Gasteiger charge is -2.09. The number of aryl methyl sites for hydroxylation is 3. The summed E-state index contributed by atoms with van der Waals surface area (Å²) in [4.78, 5) is 41.4. The molecule has 9 nitrogen and oxygen atoms in total. The molecule has 0 aliphatic heterocycles. The fourth-order valence-corrected chi connectivity index (χ4v) is 3.02. The molecule has 0 aliphatic carbocycles. The number of allylic oxidation sites excluding steroid dienone is 1. The Bertz CT molecular complexity index is 1160. The second kappa shape index (κ2) is 6.25. The number of Topliss-reactive ketones (excluding diaryl/α,β-unsaturated/α-hetero) is 1. The first-order valence-electron chi connectivity index (χ1n) is 8.10. The molecule has 26 heavy (non-hydrogen) atoms. The normalized spacial score (nSPS) is 11.2. The second-order valence-electron chi connectivity index (χ2n) is 6.26. The number of hydrogen-bond donors (Lipinski definition) is 0. The number of carbonyl (C=O) groups excluding carboxylic acids is 1. The van der Waals surface area contributed by atoms with Crippen molar-refractivity contribution in [3.05, 3.63) is 50.9 Å². The van der Waals surface area contributed by atoms with E-state index in [0.717, 1.165) is 16.0 Å². The number of aromatic nitrogens is 6. The van der Waals surface area contributed by atoms with Crippen LogP contribution in [0.25, 0.3) is 17.1 Å². The van der Waals surface area contributed by atoms with Gasteiger partial charge in [-0.05, 0) is 26.8 Å². The van der Waals surface area contributed by atoms with Gasteiger partial charge in [-0.15, -0.1) is 6.58 Å². The van der Waals surface area contributed by atoms with E-state index in [1.807, 2.05) is 19.9 Å². The fourth-order valence-electron chi connectivity index (χ4n) is 3.02. The van der Waals surface area contributed by atoms with Gasteiger partial charge in [0, 0.05) is 19.3 Å². The summed E-state index contributed by atoms with van der Waals surface area (Å²) < 4.78 is 5.48. The highest BCUT2D eigenvalue weighted by Gasteiger charge is 2.22. The average molecular weight is 356 g/mol. The van der Waals surface area contributed by atoms with Crippen LogP contribution in [-0.4, -0.2) is 34.2 Å². The summed E-state index contributed by atoms with van der Waals surface area (Å²) in [6.07, 6.45) is 1.64. The summed E-state index contributed by atoms with van der Waals surface area (Å²) >= 11 is 0. The van der Waals surface area contributed by atoms with E-state index in [-0.39, 0.29) is 23.5 Å². The first-order valence-corrected chi connectivity index (χ1v) is 8.10. The Morgan fingerprint density at radius 2 is 1.96 bits per heavy atom. The monoisotopic (exact) mass is 356 g/mol. The van der Waals surface area contributed by atoms with Crippen molar-refractivity contribution in [1.82, 2.24) is 28.5 Å². The van der Waals surface area contributed by atoms with Crippen LogP contribution in [0, 0.1) is 13.8 Å². The van der Waals surface area contributed by atoms with Crippen LogP contribution in [0.1, 0.15) is 18.3 Å². The molecule has 0 aliphatic rings. The van der Waals surface area contributed by atoms with Crippen LogP contribution >= 0.6 is 0 Å². The molecule has 9 heteroatoms. The molecule has 0 saturated heterocycles. The van der Waals surface area contributed by atoms with Crippen molar-refractivity contribution in [2.24, 2.45) is 7.05 Å². The number of rotatable bonds is 5. The second-order valence-corrected chi connectivity index (χ2v) is 6.26. The lowest BCUT2D eigenvalue weighted by atomic mass is 10.4. The van der Waals surface area contributed by atoms with Gasteiger partial charge in [0.05, 0.1) is 12.2 Å². The van der Waals surface area contributed by atoms with Gasteiger partial charge in [-0.2, -0.15) is 10.1 Å². The van der Waals surface area contributed by atoms with Gasteiger partial charge < -0.3 is 0 Å². The third-order valence-electron chi connectivity index (χ3n) is 4.10. The van der Waals surface area contributed by atoms with Crippen molar-refractivity contribution in [2.75, 3.05) is 0 Å². The minimum absolute atomic E-state index is 0.232. The summed E-state index contributed by atoms with van der Waals surface area (Å²) in [5, 5.41) is 4.42. The van der Waals surface area contributed by atoms with E-state index in [1.165, 1.54) is 18.5 Å². The van der Waals surface area contributed by atoms with Crippen LogP contribution in [0.5, 0.6) is 0 Å². The summed E-state index contributed by atoms with van der Waals surface area (Å²) in [7, 11) is 1.52. The van der Waals surface area contributed by atoms with Crippen molar-refractivity contribution < 1.29 is 4.79 Å². The average Bonchev–Trinajstić information content (AvgIpc) is 3.09. The topological polar surface area (TPSA) is 96.7 Å². The lowest BCUT2D eigenvalue weighted by Crippen LogP contribution is -2.41. The van der Waals surface area contributed by atoms with Crippen LogP contribution < -0.4 is 11.2 Å². The van der Waals surface area contributed by atoms with E-state index in [0.29, 0.717) is 12.5 Å². The molecule has 0 amide bonds. The maximum Gasteiger partial charge on any atom is 0.332 e. The number of fused-ring (bicyclic) bond motifs is 1. The Labute approximate surface area is 148 Å². The molecule has 0 N–H and O–H groups in total. The van der Waals surface area contributed by atoms with Gasteiger partial charge in [0.25, 0.3) is 5.56 Å². The van der Waals surface area contributed by atoms with E-state index in [4.69, 9.17) is 0 Å². The van der Waals surface area contributed by atoms with Gasteiger partial charge in [0.2, 0.25) is 5.95 Å². The van der Waals surface area contributed by atoms with E-state index >= 15 is 0 Å². The van der Waals surface area contributed by atoms with Crippen molar-refractivity contribution in [3.63, 3.8) is 0 Å². The Kier molecular flexibility index (Phi) is 4.23. The van der Waals surface area contributed by atoms with Gasteiger partial charge >= 0.3 is 5.69 Å². The lowest BCUT2D eigenvalue weighted by molar-refractivity contribution is -0.117. The predicted octanol–water partition coefficient (Wildman–Crippen LogP) is 0.474. The molecule has 0 atom stereocenters. The summed E-state index contributed by atoms with van der Waals surface area (Å²) in [6.45, 7) is 8.83. The molecule has 3 rings (SSSR count). The predicted molar refractivity (Wildman–Crippen MR) is 96.7 cm³/mol. The third-order valence-corrected chi connectivity index (χ3v) is 4.10. The van der Waals surface area contributed by atoms with Crippen molar-refractivity contribution in [3.8, 4) is 5.95 Å². The summed E-state index contributed by atoms with van der Waals surface area (Å²) in [5.74, 6) is 0.135. The van der Waals surface area contributed by atoms with Gasteiger partial charge in [-0.1, -0.05) is 6.08 Å². The standard InChI is InChI=1S/C17H20N6O3/c1-6-7-21-13-14(18-16(21)23-11(3)8-10(2)19-23)20(5)17(26)22(15(13)25)9-12(4)24/h6,8H,1,7,9H2,2-5H3. The number of nitrogens with zero attached hydrogens (tertiary/aromatic N) is 6. The highest BCUT2D eigenvalue weighted by molar-refractivity contribution is 5.76. The zero-order valence-electron chi connectivity index (χ0n) is 15.2. The van der Waals surface area contributed by atoms with Crippen LogP contribution in [0.3, 0.4) is 0 Å². The Morgan fingerprint density at radius 1 is 1.27 bits per heavy atom. The molecular weight excluding hydrogens is 336 g/mol. The van der Waals surface area contributed by atoms with Crippen LogP contribution in [0.4, 0.5) is 0 Å². The van der Waals surface area contributed by atoms with E-state index in [2.05, 4.69) is 16.7 Å². The number of imidazole rings is 1. The molecule has 3 heterocycles. The van der Waals surface area contributed by atoms with Crippen molar-refractivity contribution in [2.45, 2.75) is 33.9 Å². The first kappa shape index (κ1) is 17.6. The van der Waals surface area contributed by atoms with Crippen molar-refractivity contribution in [1.29, 1.82) is 0 Å².